The van der Waals surface area contributed by atoms with Crippen LogP contribution in [0.1, 0.15) is 5.56 Å². The average Bonchev–Trinajstić information content (AvgIpc) is 2.56. The Labute approximate surface area is 104 Å². The third-order valence-electron chi connectivity index (χ3n) is 2.64. The molecule has 17 heavy (non-hydrogen) atoms. The third-order valence-corrected chi connectivity index (χ3v) is 2.87. The molecule has 0 aliphatic heterocycles. The molecule has 0 unspecified atom stereocenters. The fraction of sp³-hybridized carbons (Fsp3) is 0.250. The van der Waals surface area contributed by atoms with Crippen LogP contribution in [0, 0.1) is 0 Å². The maximum Gasteiger partial charge on any atom is 0.307 e. The first-order valence-electron chi connectivity index (χ1n) is 5.31. The molecule has 1 aromatic carbocycles. The van der Waals surface area contributed by atoms with E-state index in [2.05, 4.69) is 0 Å². The molecule has 1 heterocycles. The molecule has 2 aromatic rings. The average molecular weight is 253 g/mol. The van der Waals surface area contributed by atoms with Gasteiger partial charge in [0, 0.05) is 35.2 Å². The van der Waals surface area contributed by atoms with Crippen LogP contribution in [-0.2, 0) is 17.8 Å². The fourth-order valence-electron chi connectivity index (χ4n) is 1.97. The van der Waals surface area contributed by atoms with Crippen molar-refractivity contribution in [1.82, 2.24) is 4.57 Å². The number of rotatable bonds is 4. The van der Waals surface area contributed by atoms with Crippen LogP contribution in [0.3, 0.4) is 0 Å². The van der Waals surface area contributed by atoms with E-state index in [4.69, 9.17) is 22.4 Å². The number of halogens is 1. The van der Waals surface area contributed by atoms with E-state index in [0.717, 1.165) is 16.5 Å². The standard InChI is InChI=1S/C12H13ClN2O2/c13-9-1-2-10-8(5-12(16)17)7-15(4-3-14)11(10)6-9/h1-2,6-7H,3-5,14H2,(H,16,17). The zero-order valence-corrected chi connectivity index (χ0v) is 9.94. The quantitative estimate of drug-likeness (QED) is 0.873. The summed E-state index contributed by atoms with van der Waals surface area (Å²) in [4.78, 5) is 10.8. The molecule has 0 saturated carbocycles. The Balaban J connectivity index is 2.57. The molecule has 0 aliphatic rings. The monoisotopic (exact) mass is 252 g/mol. The van der Waals surface area contributed by atoms with E-state index in [9.17, 15) is 4.79 Å². The van der Waals surface area contributed by atoms with Crippen LogP contribution in [0.4, 0.5) is 0 Å². The van der Waals surface area contributed by atoms with Crippen molar-refractivity contribution >= 4 is 28.5 Å². The SMILES string of the molecule is NCCn1cc(CC(=O)O)c2ccc(Cl)cc21. The van der Waals surface area contributed by atoms with Crippen LogP contribution in [0.5, 0.6) is 0 Å². The molecule has 5 heteroatoms. The fourth-order valence-corrected chi connectivity index (χ4v) is 2.14. The summed E-state index contributed by atoms with van der Waals surface area (Å²) in [7, 11) is 0. The minimum atomic E-state index is -0.841. The number of aliphatic carboxylic acids is 1. The summed E-state index contributed by atoms with van der Waals surface area (Å²) < 4.78 is 1.94. The Morgan fingerprint density at radius 2 is 2.24 bits per heavy atom. The highest BCUT2D eigenvalue weighted by Gasteiger charge is 2.11. The maximum absolute atomic E-state index is 10.8. The number of aromatic nitrogens is 1. The van der Waals surface area contributed by atoms with E-state index >= 15 is 0 Å². The van der Waals surface area contributed by atoms with Gasteiger partial charge in [0.05, 0.1) is 6.42 Å². The third kappa shape index (κ3) is 2.43. The Hall–Kier alpha value is -1.52. The lowest BCUT2D eigenvalue weighted by Crippen LogP contribution is -2.08. The van der Waals surface area contributed by atoms with Gasteiger partial charge < -0.3 is 15.4 Å². The highest BCUT2D eigenvalue weighted by Crippen LogP contribution is 2.25. The lowest BCUT2D eigenvalue weighted by molar-refractivity contribution is -0.136. The second kappa shape index (κ2) is 4.77. The topological polar surface area (TPSA) is 68.2 Å². The number of nitrogens with two attached hydrogens (primary N) is 1. The van der Waals surface area contributed by atoms with Gasteiger partial charge in [-0.25, -0.2) is 0 Å². The van der Waals surface area contributed by atoms with E-state index < -0.39 is 5.97 Å². The van der Waals surface area contributed by atoms with Crippen molar-refractivity contribution in [2.75, 3.05) is 6.54 Å². The molecular weight excluding hydrogens is 240 g/mol. The molecule has 0 aliphatic carbocycles. The minimum absolute atomic E-state index is 0.00963. The predicted octanol–water partition coefficient (Wildman–Crippen LogP) is 1.88. The Morgan fingerprint density at radius 3 is 2.88 bits per heavy atom. The smallest absolute Gasteiger partial charge is 0.307 e. The predicted molar refractivity (Wildman–Crippen MR) is 67.3 cm³/mol. The van der Waals surface area contributed by atoms with Gasteiger partial charge in [0.2, 0.25) is 0 Å². The van der Waals surface area contributed by atoms with Gasteiger partial charge in [0.1, 0.15) is 0 Å². The number of nitrogens with zero attached hydrogens (tertiary/aromatic N) is 1. The first-order valence-corrected chi connectivity index (χ1v) is 5.68. The molecule has 0 amide bonds. The van der Waals surface area contributed by atoms with Gasteiger partial charge in [-0.3, -0.25) is 4.79 Å². The molecule has 0 spiro atoms. The summed E-state index contributed by atoms with van der Waals surface area (Å²) in [6.07, 6.45) is 1.84. The summed E-state index contributed by atoms with van der Waals surface area (Å²) in [5.41, 5.74) is 7.25. The van der Waals surface area contributed by atoms with Crippen LogP contribution < -0.4 is 5.73 Å². The molecule has 3 N–H and O–H groups in total. The van der Waals surface area contributed by atoms with Crippen molar-refractivity contribution in [1.29, 1.82) is 0 Å². The molecule has 90 valence electrons. The van der Waals surface area contributed by atoms with Crippen molar-refractivity contribution in [3.8, 4) is 0 Å². The number of carbonyl (C=O) groups is 1. The number of carboxylic acids is 1. The minimum Gasteiger partial charge on any atom is -0.481 e. The number of carboxylic acid groups (broad SMARTS) is 1. The summed E-state index contributed by atoms with van der Waals surface area (Å²) in [5, 5.41) is 10.4. The second-order valence-corrected chi connectivity index (χ2v) is 4.30. The lowest BCUT2D eigenvalue weighted by Gasteiger charge is -2.02. The number of fused-ring (bicyclic) bond motifs is 1. The Morgan fingerprint density at radius 1 is 1.47 bits per heavy atom. The normalized spacial score (nSPS) is 10.9. The Kier molecular flexibility index (Phi) is 3.36. The van der Waals surface area contributed by atoms with Crippen LogP contribution in [-0.4, -0.2) is 22.2 Å². The van der Waals surface area contributed by atoms with Crippen LogP contribution in [0.15, 0.2) is 24.4 Å². The Bertz CT molecular complexity index is 563. The molecule has 1 aromatic heterocycles. The molecule has 0 saturated heterocycles. The molecule has 4 nitrogen and oxygen atoms in total. The largest absolute Gasteiger partial charge is 0.481 e. The van der Waals surface area contributed by atoms with E-state index in [1.54, 1.807) is 6.07 Å². The van der Waals surface area contributed by atoms with Gasteiger partial charge in [-0.2, -0.15) is 0 Å². The van der Waals surface area contributed by atoms with Gasteiger partial charge in [-0.05, 0) is 17.7 Å². The zero-order valence-electron chi connectivity index (χ0n) is 9.19. The first kappa shape index (κ1) is 12.0. The van der Waals surface area contributed by atoms with Crippen molar-refractivity contribution in [2.45, 2.75) is 13.0 Å². The van der Waals surface area contributed by atoms with E-state index in [0.29, 0.717) is 18.1 Å². The van der Waals surface area contributed by atoms with Gasteiger partial charge >= 0.3 is 5.97 Å². The van der Waals surface area contributed by atoms with Crippen molar-refractivity contribution in [3.05, 3.63) is 35.0 Å². The summed E-state index contributed by atoms with van der Waals surface area (Å²) in [6.45, 7) is 1.15. The molecule has 0 radical (unpaired) electrons. The van der Waals surface area contributed by atoms with Gasteiger partial charge in [0.15, 0.2) is 0 Å². The van der Waals surface area contributed by atoms with Crippen LogP contribution in [0.25, 0.3) is 10.9 Å². The maximum atomic E-state index is 10.8. The molecule has 2 rings (SSSR count). The van der Waals surface area contributed by atoms with E-state index in [-0.39, 0.29) is 6.42 Å². The van der Waals surface area contributed by atoms with Crippen LogP contribution in [0.2, 0.25) is 5.02 Å². The number of hydrogen-bond acceptors (Lipinski definition) is 2. The van der Waals surface area contributed by atoms with E-state index in [1.165, 1.54) is 0 Å². The molecule has 0 bridgehead atoms. The summed E-state index contributed by atoms with van der Waals surface area (Å²) in [6, 6.07) is 5.45. The van der Waals surface area contributed by atoms with Crippen molar-refractivity contribution in [3.63, 3.8) is 0 Å². The van der Waals surface area contributed by atoms with Crippen molar-refractivity contribution < 1.29 is 9.90 Å². The highest BCUT2D eigenvalue weighted by molar-refractivity contribution is 6.31. The van der Waals surface area contributed by atoms with E-state index in [1.807, 2.05) is 22.9 Å². The van der Waals surface area contributed by atoms with Gasteiger partial charge in [0.25, 0.3) is 0 Å². The second-order valence-electron chi connectivity index (χ2n) is 3.87. The zero-order chi connectivity index (χ0) is 12.4. The lowest BCUT2D eigenvalue weighted by atomic mass is 10.1. The molecule has 0 fully saturated rings. The molecular formula is C12H13ClN2O2. The number of benzene rings is 1. The van der Waals surface area contributed by atoms with Crippen molar-refractivity contribution in [2.24, 2.45) is 5.73 Å². The number of hydrogen-bond donors (Lipinski definition) is 2. The van der Waals surface area contributed by atoms with Crippen LogP contribution >= 0.6 is 11.6 Å². The molecule has 0 atom stereocenters. The summed E-state index contributed by atoms with van der Waals surface area (Å²) in [5.74, 6) is -0.841. The van der Waals surface area contributed by atoms with Gasteiger partial charge in [-0.1, -0.05) is 17.7 Å². The van der Waals surface area contributed by atoms with Gasteiger partial charge in [-0.15, -0.1) is 0 Å². The first-order chi connectivity index (χ1) is 8.11. The summed E-state index contributed by atoms with van der Waals surface area (Å²) >= 11 is 5.94. The highest BCUT2D eigenvalue weighted by atomic mass is 35.5.